The van der Waals surface area contributed by atoms with Crippen molar-refractivity contribution in [1.82, 2.24) is 5.43 Å². The molecule has 0 aliphatic rings. The maximum absolute atomic E-state index is 13.3. The standard InChI is InChI=1S/C22H19ClFN3O4S/c1-31-21-12-9-17(23)13-20(21)27(32(29,30)19-5-3-2-4-6-19)15-22(28)26-25-14-16-7-10-18(24)11-8-16/h2-14H,15H2,1H3,(H,26,28)/b25-14-. The Balaban J connectivity index is 1.90. The summed E-state index contributed by atoms with van der Waals surface area (Å²) in [5.41, 5.74) is 2.93. The summed E-state index contributed by atoms with van der Waals surface area (Å²) in [5.74, 6) is -0.884. The van der Waals surface area contributed by atoms with Gasteiger partial charge in [-0.3, -0.25) is 9.10 Å². The SMILES string of the molecule is COc1ccc(Cl)cc1N(CC(=O)N/N=C\c1ccc(F)cc1)S(=O)(=O)c1ccccc1. The van der Waals surface area contributed by atoms with Crippen LogP contribution in [-0.4, -0.2) is 34.2 Å². The van der Waals surface area contributed by atoms with Gasteiger partial charge in [0, 0.05) is 5.02 Å². The third-order valence-electron chi connectivity index (χ3n) is 4.30. The molecule has 0 heterocycles. The van der Waals surface area contributed by atoms with Crippen molar-refractivity contribution in [3.05, 3.63) is 89.2 Å². The highest BCUT2D eigenvalue weighted by Gasteiger charge is 2.29. The van der Waals surface area contributed by atoms with Crippen LogP contribution in [0, 0.1) is 5.82 Å². The molecule has 166 valence electrons. The van der Waals surface area contributed by atoms with Gasteiger partial charge in [-0.2, -0.15) is 5.10 Å². The van der Waals surface area contributed by atoms with Gasteiger partial charge in [-0.1, -0.05) is 41.9 Å². The molecule has 0 atom stereocenters. The molecule has 0 unspecified atom stereocenters. The smallest absolute Gasteiger partial charge is 0.264 e. The van der Waals surface area contributed by atoms with Crippen LogP contribution >= 0.6 is 11.6 Å². The van der Waals surface area contributed by atoms with Gasteiger partial charge in [0.25, 0.3) is 15.9 Å². The number of hydrogen-bond donors (Lipinski definition) is 1. The molecule has 1 N–H and O–H groups in total. The van der Waals surface area contributed by atoms with Crippen LogP contribution in [0.1, 0.15) is 5.56 Å². The number of carbonyl (C=O) groups is 1. The first-order valence-corrected chi connectivity index (χ1v) is 11.1. The molecule has 10 heteroatoms. The van der Waals surface area contributed by atoms with Crippen molar-refractivity contribution >= 4 is 39.4 Å². The number of sulfonamides is 1. The van der Waals surface area contributed by atoms with Crippen molar-refractivity contribution in [3.63, 3.8) is 0 Å². The van der Waals surface area contributed by atoms with E-state index in [1.54, 1.807) is 24.3 Å². The maximum Gasteiger partial charge on any atom is 0.264 e. The Hall–Kier alpha value is -3.43. The predicted octanol–water partition coefficient (Wildman–Crippen LogP) is 3.83. The lowest BCUT2D eigenvalue weighted by Crippen LogP contribution is -2.39. The minimum atomic E-state index is -4.14. The minimum Gasteiger partial charge on any atom is -0.495 e. The van der Waals surface area contributed by atoms with Gasteiger partial charge in [0.2, 0.25) is 0 Å². The molecular formula is C22H19ClFN3O4S. The Morgan fingerprint density at radius 1 is 1.12 bits per heavy atom. The molecule has 0 bridgehead atoms. The molecular weight excluding hydrogens is 457 g/mol. The van der Waals surface area contributed by atoms with Crippen molar-refractivity contribution in [2.45, 2.75) is 4.90 Å². The highest BCUT2D eigenvalue weighted by molar-refractivity contribution is 7.92. The summed E-state index contributed by atoms with van der Waals surface area (Å²) in [6, 6.07) is 17.6. The van der Waals surface area contributed by atoms with Crippen LogP contribution in [0.15, 0.2) is 82.8 Å². The van der Waals surface area contributed by atoms with Crippen LogP contribution < -0.4 is 14.5 Å². The third kappa shape index (κ3) is 5.63. The molecule has 3 aromatic carbocycles. The number of nitrogens with one attached hydrogen (secondary N) is 1. The molecule has 0 radical (unpaired) electrons. The molecule has 0 aliphatic carbocycles. The fourth-order valence-electron chi connectivity index (χ4n) is 2.77. The van der Waals surface area contributed by atoms with Crippen LogP contribution in [-0.2, 0) is 14.8 Å². The molecule has 7 nitrogen and oxygen atoms in total. The zero-order valence-electron chi connectivity index (χ0n) is 16.9. The lowest BCUT2D eigenvalue weighted by molar-refractivity contribution is -0.119. The van der Waals surface area contributed by atoms with Gasteiger partial charge in [0.15, 0.2) is 0 Å². The molecule has 0 spiro atoms. The number of benzene rings is 3. The highest BCUT2D eigenvalue weighted by Crippen LogP contribution is 2.34. The average molecular weight is 476 g/mol. The number of methoxy groups -OCH3 is 1. The Kier molecular flexibility index (Phi) is 7.45. The number of ether oxygens (including phenoxy) is 1. The summed E-state index contributed by atoms with van der Waals surface area (Å²) in [7, 11) is -2.76. The number of carbonyl (C=O) groups excluding carboxylic acids is 1. The van der Waals surface area contributed by atoms with E-state index in [0.29, 0.717) is 5.56 Å². The van der Waals surface area contributed by atoms with E-state index in [0.717, 1.165) is 4.31 Å². The second-order valence-electron chi connectivity index (χ2n) is 6.49. The van der Waals surface area contributed by atoms with E-state index in [1.165, 1.54) is 61.9 Å². The van der Waals surface area contributed by atoms with Gasteiger partial charge in [-0.05, 0) is 48.0 Å². The summed E-state index contributed by atoms with van der Waals surface area (Å²) in [5, 5.41) is 4.07. The number of hydrazone groups is 1. The highest BCUT2D eigenvalue weighted by atomic mass is 35.5. The monoisotopic (exact) mass is 475 g/mol. The average Bonchev–Trinajstić information content (AvgIpc) is 2.79. The number of amides is 1. The third-order valence-corrected chi connectivity index (χ3v) is 6.31. The summed E-state index contributed by atoms with van der Waals surface area (Å²) in [6.07, 6.45) is 1.31. The number of hydrogen-bond acceptors (Lipinski definition) is 5. The van der Waals surface area contributed by atoms with Crippen LogP contribution in [0.3, 0.4) is 0 Å². The second kappa shape index (κ2) is 10.3. The van der Waals surface area contributed by atoms with Crippen LogP contribution in [0.2, 0.25) is 5.02 Å². The Bertz CT molecular complexity index is 1220. The van der Waals surface area contributed by atoms with Crippen molar-refractivity contribution in [2.24, 2.45) is 5.10 Å². The van der Waals surface area contributed by atoms with Crippen LogP contribution in [0.4, 0.5) is 10.1 Å². The molecule has 0 saturated heterocycles. The minimum absolute atomic E-state index is 0.00959. The Morgan fingerprint density at radius 2 is 1.81 bits per heavy atom. The first-order valence-electron chi connectivity index (χ1n) is 9.30. The quantitative estimate of drug-likeness (QED) is 0.396. The zero-order chi connectivity index (χ0) is 23.1. The van der Waals surface area contributed by atoms with E-state index in [-0.39, 0.29) is 21.4 Å². The molecule has 0 fully saturated rings. The summed E-state index contributed by atoms with van der Waals surface area (Å²) >= 11 is 6.09. The lowest BCUT2D eigenvalue weighted by atomic mass is 10.2. The van der Waals surface area contributed by atoms with Gasteiger partial charge in [-0.25, -0.2) is 18.2 Å². The first kappa shape index (κ1) is 23.2. The van der Waals surface area contributed by atoms with Crippen molar-refractivity contribution in [2.75, 3.05) is 18.0 Å². The maximum atomic E-state index is 13.3. The van der Waals surface area contributed by atoms with E-state index in [4.69, 9.17) is 16.3 Å². The lowest BCUT2D eigenvalue weighted by Gasteiger charge is -2.25. The molecule has 1 amide bonds. The largest absolute Gasteiger partial charge is 0.495 e. The van der Waals surface area contributed by atoms with Gasteiger partial charge < -0.3 is 4.74 Å². The molecule has 0 saturated carbocycles. The van der Waals surface area contributed by atoms with E-state index in [1.807, 2.05) is 0 Å². The van der Waals surface area contributed by atoms with Crippen molar-refractivity contribution in [3.8, 4) is 5.75 Å². The van der Waals surface area contributed by atoms with E-state index < -0.39 is 28.3 Å². The molecule has 3 rings (SSSR count). The predicted molar refractivity (Wildman–Crippen MR) is 121 cm³/mol. The van der Waals surface area contributed by atoms with Crippen molar-refractivity contribution in [1.29, 1.82) is 0 Å². The first-order chi connectivity index (χ1) is 15.3. The molecule has 32 heavy (non-hydrogen) atoms. The fraction of sp³-hybridized carbons (Fsp3) is 0.0909. The number of rotatable bonds is 8. The van der Waals surface area contributed by atoms with E-state index in [9.17, 15) is 17.6 Å². The number of nitrogens with zero attached hydrogens (tertiary/aromatic N) is 2. The number of anilines is 1. The normalized spacial score (nSPS) is 11.3. The van der Waals surface area contributed by atoms with Gasteiger partial charge in [0.05, 0.1) is 23.9 Å². The zero-order valence-corrected chi connectivity index (χ0v) is 18.5. The van der Waals surface area contributed by atoms with E-state index >= 15 is 0 Å². The Morgan fingerprint density at radius 3 is 2.47 bits per heavy atom. The van der Waals surface area contributed by atoms with E-state index in [2.05, 4.69) is 10.5 Å². The summed E-state index contributed by atoms with van der Waals surface area (Å²) in [6.45, 7) is -0.589. The van der Waals surface area contributed by atoms with Gasteiger partial charge >= 0.3 is 0 Å². The van der Waals surface area contributed by atoms with Crippen molar-refractivity contribution < 1.29 is 22.3 Å². The summed E-state index contributed by atoms with van der Waals surface area (Å²) in [4.78, 5) is 12.6. The topological polar surface area (TPSA) is 88.1 Å². The van der Waals surface area contributed by atoms with Gasteiger partial charge in [-0.15, -0.1) is 0 Å². The van der Waals surface area contributed by atoms with Gasteiger partial charge in [0.1, 0.15) is 18.1 Å². The molecule has 0 aliphatic heterocycles. The Labute approximate surface area is 190 Å². The van der Waals surface area contributed by atoms with Crippen LogP contribution in [0.5, 0.6) is 5.75 Å². The molecule has 0 aromatic heterocycles. The fourth-order valence-corrected chi connectivity index (χ4v) is 4.38. The number of halogens is 2. The molecule has 3 aromatic rings. The van der Waals surface area contributed by atoms with Crippen LogP contribution in [0.25, 0.3) is 0 Å². The second-order valence-corrected chi connectivity index (χ2v) is 8.78. The summed E-state index contributed by atoms with van der Waals surface area (Å²) < 4.78 is 45.9.